The molecule has 90 valence electrons. The smallest absolute Gasteiger partial charge is 0.131 e. The van der Waals surface area contributed by atoms with Gasteiger partial charge in [0, 0.05) is 19.8 Å². The topological polar surface area (TPSA) is 26.0 Å². The first kappa shape index (κ1) is 12.7. The fourth-order valence-corrected chi connectivity index (χ4v) is 3.68. The third-order valence-electron chi connectivity index (χ3n) is 2.68. The average Bonchev–Trinajstić information content (AvgIpc) is 2.61. The van der Waals surface area contributed by atoms with Crippen molar-refractivity contribution in [3.63, 3.8) is 0 Å². The number of aryl methyl sites for hydroxylation is 2. The highest BCUT2D eigenvalue weighted by atomic mass is 79.9. The predicted molar refractivity (Wildman–Crippen MR) is 73.9 cm³/mol. The minimum absolute atomic E-state index is 0.210. The van der Waals surface area contributed by atoms with Crippen molar-refractivity contribution in [3.8, 4) is 0 Å². The van der Waals surface area contributed by atoms with Gasteiger partial charge in [-0.25, -0.2) is 4.39 Å². The van der Waals surface area contributed by atoms with E-state index in [4.69, 9.17) is 5.73 Å². The molecule has 0 saturated carbocycles. The van der Waals surface area contributed by atoms with Crippen LogP contribution >= 0.6 is 27.3 Å². The lowest BCUT2D eigenvalue weighted by atomic mass is 10.0. The zero-order valence-corrected chi connectivity index (χ0v) is 12.0. The summed E-state index contributed by atoms with van der Waals surface area (Å²) < 4.78 is 14.9. The molecule has 1 aromatic heterocycles. The molecule has 2 aromatic rings. The van der Waals surface area contributed by atoms with Gasteiger partial charge in [0.15, 0.2) is 0 Å². The molecule has 1 unspecified atom stereocenters. The van der Waals surface area contributed by atoms with E-state index in [9.17, 15) is 4.39 Å². The molecular formula is C13H13BrFNS. The Morgan fingerprint density at radius 3 is 2.65 bits per heavy atom. The van der Waals surface area contributed by atoms with Gasteiger partial charge < -0.3 is 5.73 Å². The highest BCUT2D eigenvalue weighted by Gasteiger charge is 2.19. The van der Waals surface area contributed by atoms with Crippen molar-refractivity contribution in [1.29, 1.82) is 0 Å². The van der Waals surface area contributed by atoms with Crippen LogP contribution in [-0.2, 0) is 0 Å². The van der Waals surface area contributed by atoms with Crippen molar-refractivity contribution in [2.45, 2.75) is 19.9 Å². The second-order valence-electron chi connectivity index (χ2n) is 4.03. The summed E-state index contributed by atoms with van der Waals surface area (Å²) in [5.41, 5.74) is 7.32. The highest BCUT2D eigenvalue weighted by molar-refractivity contribution is 9.10. The van der Waals surface area contributed by atoms with E-state index in [-0.39, 0.29) is 5.82 Å². The van der Waals surface area contributed by atoms with Crippen LogP contribution in [0.2, 0.25) is 0 Å². The van der Waals surface area contributed by atoms with Crippen LogP contribution in [0.3, 0.4) is 0 Å². The lowest BCUT2D eigenvalue weighted by Gasteiger charge is -2.13. The van der Waals surface area contributed by atoms with Gasteiger partial charge >= 0.3 is 0 Å². The van der Waals surface area contributed by atoms with Gasteiger partial charge in [0.05, 0.1) is 6.04 Å². The van der Waals surface area contributed by atoms with E-state index in [0.717, 1.165) is 14.2 Å². The summed E-state index contributed by atoms with van der Waals surface area (Å²) in [4.78, 5) is 2.13. The van der Waals surface area contributed by atoms with Gasteiger partial charge in [0.1, 0.15) is 5.82 Å². The number of thiophene rings is 1. The first-order chi connectivity index (χ1) is 8.00. The van der Waals surface area contributed by atoms with E-state index in [0.29, 0.717) is 11.1 Å². The number of hydrogen-bond donors (Lipinski definition) is 1. The summed E-state index contributed by atoms with van der Waals surface area (Å²) in [6, 6.07) is 6.92. The molecule has 0 aliphatic rings. The lowest BCUT2D eigenvalue weighted by Crippen LogP contribution is -2.13. The fourth-order valence-electron chi connectivity index (χ4n) is 1.76. The van der Waals surface area contributed by atoms with E-state index in [1.54, 1.807) is 30.4 Å². The molecule has 0 fully saturated rings. The predicted octanol–water partition coefficient (Wildman–Crippen LogP) is 4.31. The highest BCUT2D eigenvalue weighted by Crippen LogP contribution is 2.35. The summed E-state index contributed by atoms with van der Waals surface area (Å²) in [5, 5.41) is 0. The molecule has 4 heteroatoms. The molecule has 0 spiro atoms. The van der Waals surface area contributed by atoms with Crippen molar-refractivity contribution in [1.82, 2.24) is 0 Å². The average molecular weight is 314 g/mol. The van der Waals surface area contributed by atoms with Crippen LogP contribution in [0.25, 0.3) is 0 Å². The molecular weight excluding hydrogens is 301 g/mol. The van der Waals surface area contributed by atoms with Crippen LogP contribution in [-0.4, -0.2) is 0 Å². The Hall–Kier alpha value is -0.710. The second-order valence-corrected chi connectivity index (χ2v) is 6.17. The second kappa shape index (κ2) is 4.88. The number of hydrogen-bond acceptors (Lipinski definition) is 2. The van der Waals surface area contributed by atoms with Crippen LogP contribution in [0.4, 0.5) is 4.39 Å². The molecule has 1 nitrogen and oxygen atoms in total. The van der Waals surface area contributed by atoms with Crippen LogP contribution in [0.15, 0.2) is 28.7 Å². The molecule has 2 rings (SSSR count). The largest absolute Gasteiger partial charge is 0.319 e. The molecule has 2 N–H and O–H groups in total. The maximum Gasteiger partial charge on any atom is 0.131 e. The number of benzene rings is 1. The first-order valence-electron chi connectivity index (χ1n) is 5.27. The minimum Gasteiger partial charge on any atom is -0.319 e. The molecule has 17 heavy (non-hydrogen) atoms. The van der Waals surface area contributed by atoms with E-state index >= 15 is 0 Å². The van der Waals surface area contributed by atoms with Crippen molar-refractivity contribution in [2.75, 3.05) is 0 Å². The Morgan fingerprint density at radius 2 is 2.06 bits per heavy atom. The standard InChI is InChI=1S/C13H13BrFNS/c1-7-4-3-5-9(11(7)15)12(16)13-10(14)6-8(2)17-13/h3-6,12H,16H2,1-2H3. The summed E-state index contributed by atoms with van der Waals surface area (Å²) in [6.45, 7) is 3.76. The Morgan fingerprint density at radius 1 is 1.35 bits per heavy atom. The van der Waals surface area contributed by atoms with Gasteiger partial charge in [-0.05, 0) is 41.4 Å². The zero-order valence-electron chi connectivity index (χ0n) is 9.63. The lowest BCUT2D eigenvalue weighted by molar-refractivity contribution is 0.592. The van der Waals surface area contributed by atoms with Crippen LogP contribution in [0, 0.1) is 19.7 Å². The summed E-state index contributed by atoms with van der Waals surface area (Å²) in [5.74, 6) is -0.210. The van der Waals surface area contributed by atoms with Gasteiger partial charge in [-0.3, -0.25) is 0 Å². The summed E-state index contributed by atoms with van der Waals surface area (Å²) in [6.07, 6.45) is 0. The van der Waals surface area contributed by atoms with Crippen LogP contribution < -0.4 is 5.73 Å². The first-order valence-corrected chi connectivity index (χ1v) is 6.88. The molecule has 0 amide bonds. The van der Waals surface area contributed by atoms with E-state index in [1.807, 2.05) is 19.1 Å². The van der Waals surface area contributed by atoms with E-state index < -0.39 is 6.04 Å². The van der Waals surface area contributed by atoms with Crippen molar-refractivity contribution in [2.24, 2.45) is 5.73 Å². The van der Waals surface area contributed by atoms with E-state index in [1.165, 1.54) is 0 Å². The van der Waals surface area contributed by atoms with Crippen LogP contribution in [0.1, 0.15) is 26.9 Å². The van der Waals surface area contributed by atoms with Crippen molar-refractivity contribution in [3.05, 3.63) is 55.4 Å². The van der Waals surface area contributed by atoms with Gasteiger partial charge in [-0.2, -0.15) is 0 Å². The van der Waals surface area contributed by atoms with Crippen molar-refractivity contribution >= 4 is 27.3 Å². The molecule has 0 bridgehead atoms. The summed E-state index contributed by atoms with van der Waals surface area (Å²) in [7, 11) is 0. The zero-order chi connectivity index (χ0) is 12.6. The molecule has 1 heterocycles. The maximum atomic E-state index is 14.0. The third kappa shape index (κ3) is 2.44. The molecule has 1 aromatic carbocycles. The number of nitrogens with two attached hydrogens (primary N) is 1. The van der Waals surface area contributed by atoms with Gasteiger partial charge in [-0.1, -0.05) is 18.2 Å². The monoisotopic (exact) mass is 313 g/mol. The number of rotatable bonds is 2. The summed E-state index contributed by atoms with van der Waals surface area (Å²) >= 11 is 5.06. The molecule has 0 radical (unpaired) electrons. The fraction of sp³-hybridized carbons (Fsp3) is 0.231. The molecule has 0 aliphatic carbocycles. The number of halogens is 2. The van der Waals surface area contributed by atoms with Crippen molar-refractivity contribution < 1.29 is 4.39 Å². The molecule has 1 atom stereocenters. The van der Waals surface area contributed by atoms with Gasteiger partial charge in [-0.15, -0.1) is 11.3 Å². The minimum atomic E-state index is -0.414. The Kier molecular flexibility index (Phi) is 3.66. The SMILES string of the molecule is Cc1cc(Br)c(C(N)c2cccc(C)c2F)s1. The third-order valence-corrected chi connectivity index (χ3v) is 4.73. The van der Waals surface area contributed by atoms with Gasteiger partial charge in [0.2, 0.25) is 0 Å². The maximum absolute atomic E-state index is 14.0. The Balaban J connectivity index is 2.47. The Labute approximate surface area is 113 Å². The van der Waals surface area contributed by atoms with E-state index in [2.05, 4.69) is 15.9 Å². The van der Waals surface area contributed by atoms with Crippen LogP contribution in [0.5, 0.6) is 0 Å². The Bertz CT molecular complexity index is 550. The molecule has 0 aliphatic heterocycles. The quantitative estimate of drug-likeness (QED) is 0.878. The molecule has 0 saturated heterocycles. The normalized spacial score (nSPS) is 12.8. The van der Waals surface area contributed by atoms with Gasteiger partial charge in [0.25, 0.3) is 0 Å².